The molecule has 4 atom stereocenters. The molecule has 0 radical (unpaired) electrons. The van der Waals surface area contributed by atoms with Crippen LogP contribution in [0.5, 0.6) is 0 Å². The largest absolute Gasteiger partial charge is 0.462 e. The fraction of sp³-hybridized carbons (Fsp3) is 0.452. The first-order chi connectivity index (χ1) is 34.7. The van der Waals surface area contributed by atoms with Crippen molar-refractivity contribution in [3.63, 3.8) is 0 Å². The Bertz CT molecular complexity index is 2280. The van der Waals surface area contributed by atoms with Crippen LogP contribution in [0.3, 0.4) is 0 Å². The molecule has 4 aromatic carbocycles. The Balaban J connectivity index is 1.29. The van der Waals surface area contributed by atoms with Crippen LogP contribution in [0.25, 0.3) is 22.8 Å². The van der Waals surface area contributed by atoms with Crippen LogP contribution in [0.2, 0.25) is 0 Å². The van der Waals surface area contributed by atoms with E-state index in [1.165, 1.54) is 64.2 Å². The molecule has 6 aromatic rings. The Kier molecular flexibility index (Phi) is 22.4. The number of rotatable bonds is 30. The highest BCUT2D eigenvalue weighted by molar-refractivity contribution is 5.90. The van der Waals surface area contributed by atoms with Crippen molar-refractivity contribution in [3.05, 3.63) is 166 Å². The number of aromatic nitrogens is 4. The van der Waals surface area contributed by atoms with Gasteiger partial charge in [-0.25, -0.2) is 29.5 Å². The molecule has 9 heteroatoms. The smallest absolute Gasteiger partial charge is 0.338 e. The van der Waals surface area contributed by atoms with Gasteiger partial charge in [-0.3, -0.25) is 0 Å². The molecular weight excluding hydrogens is 881 g/mol. The zero-order valence-corrected chi connectivity index (χ0v) is 43.4. The van der Waals surface area contributed by atoms with Crippen molar-refractivity contribution in [3.8, 4) is 22.8 Å². The van der Waals surface area contributed by atoms with Crippen LogP contribution in [-0.2, 0) is 27.1 Å². The number of unbranched alkanes of at least 4 members (excludes halogenated alkanes) is 10. The second kappa shape index (κ2) is 29.3. The minimum absolute atomic E-state index is 0.274. The van der Waals surface area contributed by atoms with E-state index in [0.29, 0.717) is 36.0 Å². The molecule has 2 aromatic heterocycles. The zero-order chi connectivity index (χ0) is 50.2. The van der Waals surface area contributed by atoms with Crippen LogP contribution in [0.4, 0.5) is 0 Å². The minimum Gasteiger partial charge on any atom is -0.462 e. The van der Waals surface area contributed by atoms with Crippen molar-refractivity contribution >= 4 is 11.9 Å². The molecule has 0 aliphatic rings. The van der Waals surface area contributed by atoms with Crippen molar-refractivity contribution in [2.24, 2.45) is 11.8 Å². The van der Waals surface area contributed by atoms with Gasteiger partial charge in [0, 0.05) is 35.9 Å². The van der Waals surface area contributed by atoms with Gasteiger partial charge in [-0.2, -0.15) is 0 Å². The fourth-order valence-electron chi connectivity index (χ4n) is 8.36. The number of nitrogens with zero attached hydrogens (tertiary/aromatic N) is 4. The Morgan fingerprint density at radius 2 is 0.732 bits per heavy atom. The van der Waals surface area contributed by atoms with Gasteiger partial charge in [0.25, 0.3) is 0 Å². The first-order valence-electron chi connectivity index (χ1n) is 26.7. The molecule has 376 valence electrons. The van der Waals surface area contributed by atoms with Gasteiger partial charge in [0.15, 0.2) is 11.6 Å². The third-order valence-electron chi connectivity index (χ3n) is 13.6. The predicted octanol–water partition coefficient (Wildman–Crippen LogP) is 15.7. The molecule has 0 aliphatic heterocycles. The first-order valence-corrected chi connectivity index (χ1v) is 26.7. The second-order valence-corrected chi connectivity index (χ2v) is 19.5. The van der Waals surface area contributed by atoms with Gasteiger partial charge in [-0.05, 0) is 95.2 Å². The summed E-state index contributed by atoms with van der Waals surface area (Å²) >= 11 is 0. The average molecular weight is 959 g/mol. The number of hydrogen-bond donors (Lipinski definition) is 0. The summed E-state index contributed by atoms with van der Waals surface area (Å²) in [6.07, 6.45) is 25.5. The maximum Gasteiger partial charge on any atom is 0.338 e. The maximum absolute atomic E-state index is 13.1. The lowest BCUT2D eigenvalue weighted by atomic mass is 9.95. The number of carbonyl (C=O) groups is 2. The van der Waals surface area contributed by atoms with Gasteiger partial charge in [-0.1, -0.05) is 191 Å². The Morgan fingerprint density at radius 3 is 1.06 bits per heavy atom. The summed E-state index contributed by atoms with van der Waals surface area (Å²) < 4.78 is 18.7. The molecule has 6 rings (SSSR count). The van der Waals surface area contributed by atoms with Crippen LogP contribution < -0.4 is 0 Å². The highest BCUT2D eigenvalue weighted by Crippen LogP contribution is 2.38. The molecule has 9 nitrogen and oxygen atoms in total. The van der Waals surface area contributed by atoms with Gasteiger partial charge in [0.1, 0.15) is 12.2 Å². The van der Waals surface area contributed by atoms with Crippen molar-refractivity contribution in [1.29, 1.82) is 0 Å². The third kappa shape index (κ3) is 17.1. The Hall–Kier alpha value is -6.06. The Labute approximate surface area is 424 Å². The van der Waals surface area contributed by atoms with Crippen molar-refractivity contribution in [2.75, 3.05) is 13.2 Å². The zero-order valence-electron chi connectivity index (χ0n) is 43.4. The van der Waals surface area contributed by atoms with Gasteiger partial charge in [0.05, 0.1) is 24.3 Å². The summed E-state index contributed by atoms with van der Waals surface area (Å²) in [5, 5.41) is 0. The quantitative estimate of drug-likeness (QED) is 0.0322. The lowest BCUT2D eigenvalue weighted by Gasteiger charge is -2.27. The van der Waals surface area contributed by atoms with Crippen molar-refractivity contribution < 1.29 is 23.8 Å². The number of benzene rings is 4. The van der Waals surface area contributed by atoms with E-state index in [0.717, 1.165) is 83.0 Å². The summed E-state index contributed by atoms with van der Waals surface area (Å²) in [5.74, 6) is 1.17. The number of hydrogen-bond acceptors (Lipinski definition) is 9. The van der Waals surface area contributed by atoms with E-state index in [1.54, 1.807) is 0 Å². The monoisotopic (exact) mass is 959 g/mol. The molecule has 71 heavy (non-hydrogen) atoms. The number of esters is 2. The molecule has 0 saturated carbocycles. The van der Waals surface area contributed by atoms with Crippen LogP contribution in [-0.4, -0.2) is 45.1 Å². The average Bonchev–Trinajstić information content (AvgIpc) is 3.42. The number of carbonyl (C=O) groups excluding carboxylic acids is 2. The molecule has 0 bridgehead atoms. The maximum atomic E-state index is 13.1. The Morgan fingerprint density at radius 1 is 0.423 bits per heavy atom. The van der Waals surface area contributed by atoms with Crippen molar-refractivity contribution in [1.82, 2.24) is 19.9 Å². The van der Waals surface area contributed by atoms with E-state index in [4.69, 9.17) is 34.1 Å². The highest BCUT2D eigenvalue weighted by Gasteiger charge is 2.25. The molecule has 2 heterocycles. The van der Waals surface area contributed by atoms with Crippen LogP contribution in [0.15, 0.2) is 122 Å². The van der Waals surface area contributed by atoms with Gasteiger partial charge < -0.3 is 14.2 Å². The first kappa shape index (κ1) is 54.3. The molecule has 0 amide bonds. The molecule has 0 N–H and O–H groups in total. The highest BCUT2D eigenvalue weighted by atomic mass is 16.5. The topological polar surface area (TPSA) is 113 Å². The second-order valence-electron chi connectivity index (χ2n) is 19.5. The third-order valence-corrected chi connectivity index (χ3v) is 13.6. The van der Waals surface area contributed by atoms with Crippen LogP contribution in [0.1, 0.15) is 198 Å². The van der Waals surface area contributed by atoms with Gasteiger partial charge in [-0.15, -0.1) is 0 Å². The van der Waals surface area contributed by atoms with E-state index in [-0.39, 0.29) is 23.8 Å². The molecular formula is C62H78N4O5. The number of aryl methyl sites for hydroxylation is 2. The van der Waals surface area contributed by atoms with E-state index in [1.807, 2.05) is 97.6 Å². The minimum atomic E-state index is -0.581. The molecule has 0 aliphatic carbocycles. The van der Waals surface area contributed by atoms with Gasteiger partial charge >= 0.3 is 11.9 Å². The molecule has 0 fully saturated rings. The summed E-state index contributed by atoms with van der Waals surface area (Å²) in [6.45, 7) is 13.5. The SMILES string of the molecule is CCCCCCCCc1cnc(-c2ccc(C(OC(c3ccc(C(=O)OCC(C)CC)cc3)c3ccc(-c4ncc(CCCCCCCC)cn4)cc3)c3ccc(C(=O)OCC(C)CC)cc3)cc2)nc1. The summed E-state index contributed by atoms with van der Waals surface area (Å²) in [4.78, 5) is 45.4. The standard InChI is InChI=1S/C62H78N4O5/c1-7-11-13-15-17-19-21-47-39-63-59(64-40-47)53-31-23-49(24-32-53)57(51-27-35-55(36-28-51)61(67)69-43-45(5)9-3)71-58(52-29-37-56(38-30-52)62(68)70-44-46(6)10-4)50-25-33-54(34-26-50)60-65-41-48(42-66-60)22-20-18-16-14-12-8-2/h23-42,45-46,57-58H,7-22,43-44H2,1-6H3. The fourth-order valence-corrected chi connectivity index (χ4v) is 8.36. The molecule has 0 spiro atoms. The summed E-state index contributed by atoms with van der Waals surface area (Å²) in [5.41, 5.74) is 8.58. The predicted molar refractivity (Wildman–Crippen MR) is 286 cm³/mol. The normalized spacial score (nSPS) is 13.0. The summed E-state index contributed by atoms with van der Waals surface area (Å²) in [7, 11) is 0. The van der Waals surface area contributed by atoms with E-state index in [2.05, 4.69) is 65.8 Å². The van der Waals surface area contributed by atoms with Gasteiger partial charge in [0.2, 0.25) is 0 Å². The lowest BCUT2D eigenvalue weighted by molar-refractivity contribution is 0.0306. The van der Waals surface area contributed by atoms with Crippen molar-refractivity contribution in [2.45, 2.75) is 156 Å². The summed E-state index contributed by atoms with van der Waals surface area (Å²) in [6, 6.07) is 31.4. The van der Waals surface area contributed by atoms with Crippen LogP contribution >= 0.6 is 0 Å². The molecule has 4 unspecified atom stereocenters. The van der Waals surface area contributed by atoms with E-state index < -0.39 is 12.2 Å². The lowest BCUT2D eigenvalue weighted by Crippen LogP contribution is -2.15. The van der Waals surface area contributed by atoms with Crippen LogP contribution in [0, 0.1) is 11.8 Å². The van der Waals surface area contributed by atoms with E-state index in [9.17, 15) is 9.59 Å². The molecule has 0 saturated heterocycles. The number of ether oxygens (including phenoxy) is 3. The van der Waals surface area contributed by atoms with E-state index >= 15 is 0 Å².